The van der Waals surface area contributed by atoms with E-state index < -0.39 is 23.7 Å². The summed E-state index contributed by atoms with van der Waals surface area (Å²) in [6, 6.07) is 25.0. The van der Waals surface area contributed by atoms with Gasteiger partial charge in [0.15, 0.2) is 0 Å². The van der Waals surface area contributed by atoms with Crippen LogP contribution in [0, 0.1) is 55.3 Å². The van der Waals surface area contributed by atoms with Crippen LogP contribution in [0.5, 0.6) is 0 Å². The summed E-state index contributed by atoms with van der Waals surface area (Å²) in [4.78, 5) is 59.2. The fraction of sp³-hybridized carbons (Fsp3) is 0.278. The van der Waals surface area contributed by atoms with E-state index in [-0.39, 0.29) is 41.4 Å². The SMILES string of the molecule is Cc1ccc(N2C(=O)[C@@H]3[C@H]4C=C[C@@H](C5=C(c6ccccc6)C[C@@H]6C(=O)N(c7ccc(C)cc7)C(=O)[C@H]6[C@H]54)[C@H]3C2=O)cc1. The van der Waals surface area contributed by atoms with Crippen LogP contribution in [0.25, 0.3) is 5.57 Å². The molecule has 3 fully saturated rings. The van der Waals surface area contributed by atoms with Crippen molar-refractivity contribution in [3.63, 3.8) is 0 Å². The number of allylic oxidation sites excluding steroid dienone is 4. The molecule has 0 N–H and O–H groups in total. The van der Waals surface area contributed by atoms with Crippen molar-refractivity contribution in [2.75, 3.05) is 9.80 Å². The number of carbonyl (C=O) groups excluding carboxylic acids is 4. The van der Waals surface area contributed by atoms with E-state index >= 15 is 0 Å². The first-order valence-corrected chi connectivity index (χ1v) is 14.7. The molecule has 4 amide bonds. The number of nitrogens with zero attached hydrogens (tertiary/aromatic N) is 2. The fourth-order valence-corrected chi connectivity index (χ4v) is 8.41. The molecule has 2 bridgehead atoms. The van der Waals surface area contributed by atoms with Crippen LogP contribution in [-0.4, -0.2) is 23.6 Å². The van der Waals surface area contributed by atoms with Crippen molar-refractivity contribution in [2.45, 2.75) is 20.3 Å². The molecular weight excluding hydrogens is 524 g/mol. The summed E-state index contributed by atoms with van der Waals surface area (Å²) < 4.78 is 0. The first kappa shape index (κ1) is 25.2. The molecular formula is C36H30N2O4. The van der Waals surface area contributed by atoms with Gasteiger partial charge in [-0.3, -0.25) is 29.0 Å². The molecule has 6 heteroatoms. The molecule has 0 aromatic heterocycles. The highest BCUT2D eigenvalue weighted by atomic mass is 16.2. The smallest absolute Gasteiger partial charge is 0.238 e. The Kier molecular flexibility index (Phi) is 5.37. The number of imide groups is 2. The molecule has 1 saturated carbocycles. The van der Waals surface area contributed by atoms with Gasteiger partial charge in [0.25, 0.3) is 0 Å². The van der Waals surface area contributed by atoms with Gasteiger partial charge in [0.05, 0.1) is 35.0 Å². The van der Waals surface area contributed by atoms with Crippen LogP contribution in [0.15, 0.2) is 96.6 Å². The minimum Gasteiger partial charge on any atom is -0.274 e. The Morgan fingerprint density at radius 1 is 0.571 bits per heavy atom. The van der Waals surface area contributed by atoms with Gasteiger partial charge in [-0.05, 0) is 61.6 Å². The van der Waals surface area contributed by atoms with Gasteiger partial charge in [-0.2, -0.15) is 0 Å². The predicted molar refractivity (Wildman–Crippen MR) is 159 cm³/mol. The van der Waals surface area contributed by atoms with Gasteiger partial charge in [-0.25, -0.2) is 0 Å². The van der Waals surface area contributed by atoms with E-state index in [4.69, 9.17) is 0 Å². The lowest BCUT2D eigenvalue weighted by Crippen LogP contribution is -2.51. The van der Waals surface area contributed by atoms with Gasteiger partial charge in [0.1, 0.15) is 0 Å². The van der Waals surface area contributed by atoms with E-state index in [1.807, 2.05) is 92.7 Å². The number of hydrogen-bond acceptors (Lipinski definition) is 4. The van der Waals surface area contributed by atoms with Crippen molar-refractivity contribution in [1.29, 1.82) is 0 Å². The quantitative estimate of drug-likeness (QED) is 0.316. The summed E-state index contributed by atoms with van der Waals surface area (Å²) in [5.74, 6) is -3.90. The van der Waals surface area contributed by atoms with E-state index in [0.29, 0.717) is 17.8 Å². The standard InChI is InChI=1S/C36H30N2O4/c1-19-8-12-22(13-9-19)37-33(39)27-18-26(21-6-4-3-5-7-21)28-24-16-17-25(29(28)32(27)36(37)42)31-30(24)34(40)38(35(31)41)23-14-10-20(2)11-15-23/h3-17,24-25,27,29-32H,18H2,1-2H3/t24-,25-,27-,29-,30+,31+,32+/m0/s1. The van der Waals surface area contributed by atoms with Gasteiger partial charge >= 0.3 is 0 Å². The molecule has 2 heterocycles. The highest BCUT2D eigenvalue weighted by Crippen LogP contribution is 2.63. The zero-order chi connectivity index (χ0) is 28.9. The number of carbonyl (C=O) groups is 4. The lowest BCUT2D eigenvalue weighted by Gasteiger charge is -2.51. The molecule has 2 aliphatic heterocycles. The van der Waals surface area contributed by atoms with Gasteiger partial charge < -0.3 is 0 Å². The number of hydrogen-bond donors (Lipinski definition) is 0. The summed E-state index contributed by atoms with van der Waals surface area (Å²) >= 11 is 0. The molecule has 9 rings (SSSR count). The monoisotopic (exact) mass is 554 g/mol. The third-order valence-corrected chi connectivity index (χ3v) is 10.2. The molecule has 7 atom stereocenters. The maximum absolute atomic E-state index is 14.3. The van der Waals surface area contributed by atoms with Gasteiger partial charge in [0.2, 0.25) is 23.6 Å². The largest absolute Gasteiger partial charge is 0.274 e. The third-order valence-electron chi connectivity index (χ3n) is 10.2. The van der Waals surface area contributed by atoms with Gasteiger partial charge in [0, 0.05) is 11.8 Å². The molecule has 3 aromatic rings. The van der Waals surface area contributed by atoms with E-state index in [1.54, 1.807) is 0 Å². The maximum Gasteiger partial charge on any atom is 0.238 e. The highest BCUT2D eigenvalue weighted by Gasteiger charge is 2.67. The van der Waals surface area contributed by atoms with E-state index in [2.05, 4.69) is 12.2 Å². The number of rotatable bonds is 3. The maximum atomic E-state index is 14.3. The van der Waals surface area contributed by atoms with E-state index in [0.717, 1.165) is 27.8 Å². The first-order valence-electron chi connectivity index (χ1n) is 14.7. The number of aryl methyl sites for hydroxylation is 2. The minimum atomic E-state index is -0.573. The number of benzene rings is 3. The van der Waals surface area contributed by atoms with Crippen molar-refractivity contribution in [2.24, 2.45) is 41.4 Å². The topological polar surface area (TPSA) is 74.8 Å². The lowest BCUT2D eigenvalue weighted by atomic mass is 9.49. The Hall–Kier alpha value is -4.58. The van der Waals surface area contributed by atoms with Crippen LogP contribution in [0.3, 0.4) is 0 Å². The molecule has 4 aliphatic carbocycles. The predicted octanol–water partition coefficient (Wildman–Crippen LogP) is 5.50. The number of amides is 4. The second kappa shape index (κ2) is 8.96. The van der Waals surface area contributed by atoms with Crippen LogP contribution in [0.1, 0.15) is 23.1 Å². The zero-order valence-corrected chi connectivity index (χ0v) is 23.4. The average molecular weight is 555 g/mol. The molecule has 208 valence electrons. The molecule has 6 aliphatic rings. The van der Waals surface area contributed by atoms with Crippen LogP contribution in [-0.2, 0) is 19.2 Å². The fourth-order valence-electron chi connectivity index (χ4n) is 8.41. The second-order valence-corrected chi connectivity index (χ2v) is 12.4. The van der Waals surface area contributed by atoms with Crippen LogP contribution >= 0.6 is 0 Å². The Morgan fingerprint density at radius 2 is 1.12 bits per heavy atom. The summed E-state index contributed by atoms with van der Waals surface area (Å²) in [6.07, 6.45) is 4.58. The third kappa shape index (κ3) is 3.32. The Balaban J connectivity index is 1.28. The van der Waals surface area contributed by atoms with Crippen LogP contribution < -0.4 is 9.80 Å². The van der Waals surface area contributed by atoms with Crippen molar-refractivity contribution >= 4 is 40.6 Å². The molecule has 0 unspecified atom stereocenters. The summed E-state index contributed by atoms with van der Waals surface area (Å²) in [5.41, 5.74) is 6.38. The number of anilines is 2. The molecule has 0 radical (unpaired) electrons. The molecule has 42 heavy (non-hydrogen) atoms. The zero-order valence-electron chi connectivity index (χ0n) is 23.4. The number of fused-ring (bicyclic) bond motifs is 1. The lowest BCUT2D eigenvalue weighted by molar-refractivity contribution is -0.129. The first-order chi connectivity index (χ1) is 20.3. The van der Waals surface area contributed by atoms with Gasteiger partial charge in [-0.15, -0.1) is 0 Å². The molecule has 2 saturated heterocycles. The molecule has 3 aromatic carbocycles. The average Bonchev–Trinajstić information content (AvgIpc) is 3.43. The van der Waals surface area contributed by atoms with E-state index in [9.17, 15) is 19.2 Å². The minimum absolute atomic E-state index is 0.177. The Labute approximate surface area is 244 Å². The van der Waals surface area contributed by atoms with Crippen molar-refractivity contribution < 1.29 is 19.2 Å². The summed E-state index contributed by atoms with van der Waals surface area (Å²) in [5, 5.41) is 0. The van der Waals surface area contributed by atoms with Crippen molar-refractivity contribution in [3.8, 4) is 0 Å². The van der Waals surface area contributed by atoms with Crippen molar-refractivity contribution in [3.05, 3.63) is 113 Å². The normalized spacial score (nSPS) is 31.1. The Bertz CT molecular complexity index is 1740. The molecule has 0 spiro atoms. The van der Waals surface area contributed by atoms with Crippen molar-refractivity contribution in [1.82, 2.24) is 0 Å². The van der Waals surface area contributed by atoms with Crippen LogP contribution in [0.4, 0.5) is 11.4 Å². The Morgan fingerprint density at radius 3 is 1.74 bits per heavy atom. The summed E-state index contributed by atoms with van der Waals surface area (Å²) in [7, 11) is 0. The van der Waals surface area contributed by atoms with Gasteiger partial charge in [-0.1, -0.05) is 83.4 Å². The highest BCUT2D eigenvalue weighted by molar-refractivity contribution is 6.24. The molecule has 6 nitrogen and oxygen atoms in total. The second-order valence-electron chi connectivity index (χ2n) is 12.4. The summed E-state index contributed by atoms with van der Waals surface area (Å²) in [6.45, 7) is 3.95. The van der Waals surface area contributed by atoms with Crippen LogP contribution in [0.2, 0.25) is 0 Å². The van der Waals surface area contributed by atoms with E-state index in [1.165, 1.54) is 9.80 Å².